The van der Waals surface area contributed by atoms with Gasteiger partial charge in [0.1, 0.15) is 5.00 Å². The summed E-state index contributed by atoms with van der Waals surface area (Å²) in [6, 6.07) is 3.52. The molecule has 1 N–H and O–H groups in total. The smallest absolute Gasteiger partial charge is 0.340 e. The van der Waals surface area contributed by atoms with E-state index in [1.54, 1.807) is 24.5 Å². The van der Waals surface area contributed by atoms with E-state index in [-0.39, 0.29) is 12.5 Å². The lowest BCUT2D eigenvalue weighted by Gasteiger charge is -2.34. The number of carbonyl (C=O) groups excluding carboxylic acids is 2. The molecule has 0 bridgehead atoms. The Morgan fingerprint density at radius 2 is 1.92 bits per heavy atom. The topological polar surface area (TPSA) is 87.7 Å². The molecule has 0 aliphatic carbocycles. The van der Waals surface area contributed by atoms with Crippen molar-refractivity contribution in [1.82, 2.24) is 14.9 Å². The van der Waals surface area contributed by atoms with Crippen molar-refractivity contribution >= 4 is 34.2 Å². The zero-order chi connectivity index (χ0) is 18.5. The van der Waals surface area contributed by atoms with Gasteiger partial charge in [0.05, 0.1) is 19.2 Å². The molecular formula is C17H21N5O3S. The molecule has 1 aliphatic heterocycles. The Morgan fingerprint density at radius 1 is 1.23 bits per heavy atom. The fourth-order valence-electron chi connectivity index (χ4n) is 2.80. The molecule has 1 saturated heterocycles. The summed E-state index contributed by atoms with van der Waals surface area (Å²) in [4.78, 5) is 37.8. The van der Waals surface area contributed by atoms with Crippen molar-refractivity contribution in [2.24, 2.45) is 0 Å². The lowest BCUT2D eigenvalue weighted by molar-refractivity contribution is -0.117. The highest BCUT2D eigenvalue weighted by Gasteiger charge is 2.22. The summed E-state index contributed by atoms with van der Waals surface area (Å²) in [6.07, 6.45) is 3.45. The summed E-state index contributed by atoms with van der Waals surface area (Å²) in [5, 5.41) is 3.37. The number of aromatic nitrogens is 2. The van der Waals surface area contributed by atoms with Crippen LogP contribution in [0.2, 0.25) is 0 Å². The van der Waals surface area contributed by atoms with Crippen molar-refractivity contribution in [3.8, 4) is 0 Å². The Morgan fingerprint density at radius 3 is 2.58 bits per heavy atom. The van der Waals surface area contributed by atoms with Crippen molar-refractivity contribution in [3.05, 3.63) is 35.0 Å². The zero-order valence-electron chi connectivity index (χ0n) is 14.8. The van der Waals surface area contributed by atoms with Crippen LogP contribution in [-0.2, 0) is 9.53 Å². The summed E-state index contributed by atoms with van der Waals surface area (Å²) in [7, 11) is 1.33. The maximum atomic E-state index is 12.4. The number of thiophene rings is 1. The third-order valence-corrected chi connectivity index (χ3v) is 5.05. The number of rotatable bonds is 5. The summed E-state index contributed by atoms with van der Waals surface area (Å²) >= 11 is 1.37. The summed E-state index contributed by atoms with van der Waals surface area (Å²) in [6.45, 7) is 5.20. The fraction of sp³-hybridized carbons (Fsp3) is 0.412. The van der Waals surface area contributed by atoms with Crippen LogP contribution in [0.1, 0.15) is 15.2 Å². The van der Waals surface area contributed by atoms with Crippen molar-refractivity contribution in [2.45, 2.75) is 6.92 Å². The first kappa shape index (κ1) is 18.3. The second-order valence-corrected chi connectivity index (χ2v) is 7.21. The van der Waals surface area contributed by atoms with Crippen LogP contribution in [0.15, 0.2) is 24.5 Å². The van der Waals surface area contributed by atoms with Gasteiger partial charge in [0.15, 0.2) is 0 Å². The molecule has 0 saturated carbocycles. The van der Waals surface area contributed by atoms with Gasteiger partial charge in [-0.05, 0) is 19.1 Å². The Kier molecular flexibility index (Phi) is 5.79. The Labute approximate surface area is 155 Å². The lowest BCUT2D eigenvalue weighted by Crippen LogP contribution is -2.49. The van der Waals surface area contributed by atoms with Gasteiger partial charge in [-0.15, -0.1) is 11.3 Å². The number of hydrogen-bond acceptors (Lipinski definition) is 8. The van der Waals surface area contributed by atoms with Crippen LogP contribution in [0.5, 0.6) is 0 Å². The van der Waals surface area contributed by atoms with Gasteiger partial charge in [-0.1, -0.05) is 0 Å². The highest BCUT2D eigenvalue weighted by atomic mass is 32.1. The SMILES string of the molecule is COC(=O)c1cc(C)sc1NC(=O)CN1CCN(c2ncccn2)CC1. The molecule has 1 fully saturated rings. The molecule has 0 spiro atoms. The van der Waals surface area contributed by atoms with E-state index in [1.807, 2.05) is 6.92 Å². The molecule has 0 atom stereocenters. The second kappa shape index (κ2) is 8.24. The molecule has 2 aromatic rings. The molecule has 1 aliphatic rings. The normalized spacial score (nSPS) is 14.9. The number of nitrogens with zero attached hydrogens (tertiary/aromatic N) is 4. The number of carbonyl (C=O) groups is 2. The number of ether oxygens (including phenoxy) is 1. The van der Waals surface area contributed by atoms with Gasteiger partial charge < -0.3 is 15.0 Å². The summed E-state index contributed by atoms with van der Waals surface area (Å²) in [5.41, 5.74) is 0.398. The number of amides is 1. The highest BCUT2D eigenvalue weighted by molar-refractivity contribution is 7.16. The summed E-state index contributed by atoms with van der Waals surface area (Å²) in [5.74, 6) is 0.135. The summed E-state index contributed by atoms with van der Waals surface area (Å²) < 4.78 is 4.76. The standard InChI is InChI=1S/C17H21N5O3S/c1-12-10-13(16(24)25-2)15(26-12)20-14(23)11-21-6-8-22(9-7-21)17-18-4-3-5-19-17/h3-5,10H,6-9,11H2,1-2H3,(H,20,23). The average Bonchev–Trinajstić information content (AvgIpc) is 3.02. The molecule has 9 heteroatoms. The van der Waals surface area contributed by atoms with Crippen LogP contribution in [0.25, 0.3) is 0 Å². The number of hydrogen-bond donors (Lipinski definition) is 1. The number of aryl methyl sites for hydroxylation is 1. The second-order valence-electron chi connectivity index (χ2n) is 5.95. The number of anilines is 2. The van der Waals surface area contributed by atoms with Crippen molar-refractivity contribution in [2.75, 3.05) is 50.1 Å². The monoisotopic (exact) mass is 375 g/mol. The van der Waals surface area contributed by atoms with E-state index in [4.69, 9.17) is 4.74 Å². The van der Waals surface area contributed by atoms with Crippen LogP contribution >= 0.6 is 11.3 Å². The van der Waals surface area contributed by atoms with Gasteiger partial charge in [0.25, 0.3) is 0 Å². The molecule has 3 rings (SSSR count). The van der Waals surface area contributed by atoms with Gasteiger partial charge in [0.2, 0.25) is 11.9 Å². The van der Waals surface area contributed by atoms with Gasteiger partial charge >= 0.3 is 5.97 Å². The van der Waals surface area contributed by atoms with E-state index in [1.165, 1.54) is 18.4 Å². The minimum atomic E-state index is -0.443. The van der Waals surface area contributed by atoms with E-state index < -0.39 is 5.97 Å². The predicted molar refractivity (Wildman–Crippen MR) is 99.7 cm³/mol. The van der Waals surface area contributed by atoms with Gasteiger partial charge in [0, 0.05) is 43.4 Å². The van der Waals surface area contributed by atoms with Gasteiger partial charge in [-0.3, -0.25) is 9.69 Å². The van der Waals surface area contributed by atoms with Gasteiger partial charge in [-0.25, -0.2) is 14.8 Å². The van der Waals surface area contributed by atoms with Crippen molar-refractivity contribution in [1.29, 1.82) is 0 Å². The Balaban J connectivity index is 1.53. The molecular weight excluding hydrogens is 354 g/mol. The van der Waals surface area contributed by atoms with Crippen LogP contribution in [0.4, 0.5) is 10.9 Å². The fourth-order valence-corrected chi connectivity index (χ4v) is 3.71. The maximum Gasteiger partial charge on any atom is 0.340 e. The van der Waals surface area contributed by atoms with Crippen LogP contribution in [0.3, 0.4) is 0 Å². The molecule has 0 unspecified atom stereocenters. The minimum absolute atomic E-state index is 0.138. The predicted octanol–water partition coefficient (Wildman–Crippen LogP) is 1.39. The molecule has 26 heavy (non-hydrogen) atoms. The Bertz CT molecular complexity index is 772. The van der Waals surface area contributed by atoms with E-state index in [0.717, 1.165) is 31.1 Å². The van der Waals surface area contributed by atoms with E-state index >= 15 is 0 Å². The lowest BCUT2D eigenvalue weighted by atomic mass is 10.3. The third-order valence-electron chi connectivity index (χ3n) is 4.09. The van der Waals surface area contributed by atoms with Crippen LogP contribution in [-0.4, -0.2) is 66.6 Å². The van der Waals surface area contributed by atoms with Crippen LogP contribution < -0.4 is 10.2 Å². The first-order chi connectivity index (χ1) is 12.6. The molecule has 0 radical (unpaired) electrons. The molecule has 2 aromatic heterocycles. The van der Waals surface area contributed by atoms with E-state index in [0.29, 0.717) is 16.5 Å². The van der Waals surface area contributed by atoms with Crippen molar-refractivity contribution in [3.63, 3.8) is 0 Å². The number of nitrogens with one attached hydrogen (secondary N) is 1. The number of methoxy groups -OCH3 is 1. The minimum Gasteiger partial charge on any atom is -0.465 e. The number of esters is 1. The quantitative estimate of drug-likeness (QED) is 0.790. The highest BCUT2D eigenvalue weighted by Crippen LogP contribution is 2.28. The van der Waals surface area contributed by atoms with E-state index in [2.05, 4.69) is 25.1 Å². The maximum absolute atomic E-state index is 12.4. The van der Waals surface area contributed by atoms with Gasteiger partial charge in [-0.2, -0.15) is 0 Å². The molecule has 8 nitrogen and oxygen atoms in total. The molecule has 0 aromatic carbocycles. The first-order valence-electron chi connectivity index (χ1n) is 8.29. The first-order valence-corrected chi connectivity index (χ1v) is 9.11. The Hall–Kier alpha value is -2.52. The van der Waals surface area contributed by atoms with Crippen molar-refractivity contribution < 1.29 is 14.3 Å². The largest absolute Gasteiger partial charge is 0.465 e. The molecule has 138 valence electrons. The zero-order valence-corrected chi connectivity index (χ0v) is 15.6. The average molecular weight is 375 g/mol. The number of piperazine rings is 1. The third kappa shape index (κ3) is 4.36. The molecule has 3 heterocycles. The van der Waals surface area contributed by atoms with Crippen LogP contribution in [0, 0.1) is 6.92 Å². The van der Waals surface area contributed by atoms with E-state index in [9.17, 15) is 9.59 Å². The molecule has 1 amide bonds.